The third kappa shape index (κ3) is 5.77. The number of aryl methyl sites for hydroxylation is 1. The van der Waals surface area contributed by atoms with E-state index in [9.17, 15) is 4.79 Å². The van der Waals surface area contributed by atoms with Gasteiger partial charge in [-0.05, 0) is 49.9 Å². The highest BCUT2D eigenvalue weighted by Gasteiger charge is 2.25. The molecule has 0 radical (unpaired) electrons. The van der Waals surface area contributed by atoms with Crippen LogP contribution in [0.25, 0.3) is 16.7 Å². The molecule has 1 aliphatic heterocycles. The summed E-state index contributed by atoms with van der Waals surface area (Å²) in [6.45, 7) is 11.6. The summed E-state index contributed by atoms with van der Waals surface area (Å²) in [5, 5.41) is 0.439. The van der Waals surface area contributed by atoms with Crippen LogP contribution in [0.5, 0.6) is 17.2 Å². The first kappa shape index (κ1) is 27.0. The number of hydrogen-bond acceptors (Lipinski definition) is 5. The number of carbonyl (C=O) groups is 1. The molecule has 202 valence electrons. The molecule has 0 aliphatic carbocycles. The molecule has 3 N–H and O–H groups in total. The third-order valence-corrected chi connectivity index (χ3v) is 6.76. The number of fused-ring (bicyclic) bond motifs is 1. The number of piperidine rings is 1. The summed E-state index contributed by atoms with van der Waals surface area (Å²) >= 11 is 0. The number of carbonyl (C=O) groups excluding carboxylic acids is 1. The Morgan fingerprint density at radius 1 is 1.24 bits per heavy atom. The van der Waals surface area contributed by atoms with Crippen LogP contribution in [-0.2, 0) is 4.79 Å². The minimum Gasteiger partial charge on any atom is -0.493 e. The fraction of sp³-hybridized carbons (Fsp3) is 0.379. The van der Waals surface area contributed by atoms with Crippen molar-refractivity contribution in [3.05, 3.63) is 54.0 Å². The lowest BCUT2D eigenvalue weighted by molar-refractivity contribution is -0.136. The van der Waals surface area contributed by atoms with E-state index in [1.54, 1.807) is 37.4 Å². The van der Waals surface area contributed by atoms with Crippen molar-refractivity contribution in [3.63, 3.8) is 0 Å². The lowest BCUT2D eigenvalue weighted by atomic mass is 9.97. The Morgan fingerprint density at radius 2 is 1.97 bits per heavy atom. The van der Waals surface area contributed by atoms with Gasteiger partial charge in [-0.15, -0.1) is 0 Å². The molecule has 1 fully saturated rings. The van der Waals surface area contributed by atoms with E-state index in [4.69, 9.17) is 19.9 Å². The third-order valence-electron chi connectivity index (χ3n) is 6.76. The second-order valence-corrected chi connectivity index (χ2v) is 9.85. The Bertz CT molecular complexity index is 1360. The number of rotatable bonds is 9. The number of H-pyrrole nitrogens is 1. The maximum absolute atomic E-state index is 15.1. The van der Waals surface area contributed by atoms with E-state index in [0.717, 1.165) is 31.6 Å². The second-order valence-electron chi connectivity index (χ2n) is 9.85. The van der Waals surface area contributed by atoms with E-state index in [2.05, 4.69) is 16.6 Å². The zero-order valence-electron chi connectivity index (χ0n) is 22.3. The number of methoxy groups -OCH3 is 1. The molecule has 1 aliphatic rings. The first-order valence-corrected chi connectivity index (χ1v) is 12.7. The van der Waals surface area contributed by atoms with E-state index in [1.165, 1.54) is 6.34 Å². The number of likely N-dealkylation sites (tertiary alicyclic amines) is 1. The molecule has 8 nitrogen and oxygen atoms in total. The van der Waals surface area contributed by atoms with Gasteiger partial charge < -0.3 is 29.8 Å². The average molecular weight is 523 g/mol. The minimum atomic E-state index is -0.482. The standard InChI is InChI=1S/C29H35FN4O4/c1-17(2)29(35)34-10-8-20(9-11-34)15-37-27-14-24(32-16-31)21(13-26(27)36-5)19(4)38-25-7-6-23-22(28(25)30)12-18(3)33-23/h6-7,12-14,16-17,20,33H,4,8-11,15H2,1-3,5H3,(H2,31,32). The summed E-state index contributed by atoms with van der Waals surface area (Å²) in [6.07, 6.45) is 2.90. The van der Waals surface area contributed by atoms with Crippen molar-refractivity contribution < 1.29 is 23.4 Å². The van der Waals surface area contributed by atoms with Crippen molar-refractivity contribution >= 4 is 34.6 Å². The molecule has 1 amide bonds. The van der Waals surface area contributed by atoms with Gasteiger partial charge in [0.15, 0.2) is 23.1 Å². The molecule has 2 heterocycles. The first-order valence-electron chi connectivity index (χ1n) is 12.7. The molecule has 9 heteroatoms. The lowest BCUT2D eigenvalue weighted by Gasteiger charge is -2.33. The molecular formula is C29H35FN4O4. The van der Waals surface area contributed by atoms with Crippen molar-refractivity contribution in [1.82, 2.24) is 9.88 Å². The molecule has 0 atom stereocenters. The summed E-state index contributed by atoms with van der Waals surface area (Å²) in [5.74, 6) is 1.22. The Kier molecular flexibility index (Phi) is 8.24. The van der Waals surface area contributed by atoms with Crippen LogP contribution in [0.1, 0.15) is 37.9 Å². The van der Waals surface area contributed by atoms with Gasteiger partial charge in [0, 0.05) is 47.2 Å². The summed E-state index contributed by atoms with van der Waals surface area (Å²) < 4.78 is 32.7. The van der Waals surface area contributed by atoms with Crippen LogP contribution in [0.15, 0.2) is 41.9 Å². The van der Waals surface area contributed by atoms with Crippen molar-refractivity contribution in [1.29, 1.82) is 0 Å². The molecule has 2 aromatic carbocycles. The SMILES string of the molecule is C=C(Oc1ccc2[nH]c(C)cc2c1F)c1cc(OC)c(OCC2CCN(C(=O)C(C)C)CC2)cc1N=CN. The van der Waals surface area contributed by atoms with Crippen molar-refractivity contribution in [3.8, 4) is 17.2 Å². The van der Waals surface area contributed by atoms with E-state index in [0.29, 0.717) is 46.2 Å². The smallest absolute Gasteiger partial charge is 0.225 e. The van der Waals surface area contributed by atoms with Crippen molar-refractivity contribution in [2.24, 2.45) is 22.6 Å². The number of halogens is 1. The molecule has 38 heavy (non-hydrogen) atoms. The summed E-state index contributed by atoms with van der Waals surface area (Å²) in [7, 11) is 1.54. The number of aromatic nitrogens is 1. The summed E-state index contributed by atoms with van der Waals surface area (Å²) in [5.41, 5.74) is 8.09. The number of amides is 1. The van der Waals surface area contributed by atoms with E-state index < -0.39 is 5.82 Å². The van der Waals surface area contributed by atoms with Gasteiger partial charge in [0.2, 0.25) is 5.91 Å². The fourth-order valence-corrected chi connectivity index (χ4v) is 4.68. The highest BCUT2D eigenvalue weighted by atomic mass is 19.1. The highest BCUT2D eigenvalue weighted by molar-refractivity contribution is 5.84. The quantitative estimate of drug-likeness (QED) is 0.217. The predicted octanol–water partition coefficient (Wildman–Crippen LogP) is 5.57. The molecule has 0 bridgehead atoms. The van der Waals surface area contributed by atoms with Gasteiger partial charge in [-0.1, -0.05) is 20.4 Å². The summed E-state index contributed by atoms with van der Waals surface area (Å²) in [4.78, 5) is 21.5. The number of hydrogen-bond donors (Lipinski definition) is 2. The van der Waals surface area contributed by atoms with Crippen LogP contribution in [-0.4, -0.2) is 48.9 Å². The maximum atomic E-state index is 15.1. The second kappa shape index (κ2) is 11.6. The van der Waals surface area contributed by atoms with Crippen LogP contribution in [0, 0.1) is 24.6 Å². The van der Waals surface area contributed by atoms with Gasteiger partial charge in [-0.3, -0.25) is 4.79 Å². The van der Waals surface area contributed by atoms with Crippen LogP contribution in [0.3, 0.4) is 0 Å². The van der Waals surface area contributed by atoms with Crippen LogP contribution in [0.4, 0.5) is 10.1 Å². The zero-order valence-corrected chi connectivity index (χ0v) is 22.3. The number of nitrogens with one attached hydrogen (secondary N) is 1. The molecule has 3 aromatic rings. The molecule has 0 spiro atoms. The number of ether oxygens (including phenoxy) is 3. The van der Waals surface area contributed by atoms with E-state index >= 15 is 4.39 Å². The van der Waals surface area contributed by atoms with Gasteiger partial charge in [-0.25, -0.2) is 9.38 Å². The molecule has 4 rings (SSSR count). The van der Waals surface area contributed by atoms with Crippen LogP contribution in [0.2, 0.25) is 0 Å². The first-order chi connectivity index (χ1) is 18.2. The molecular weight excluding hydrogens is 487 g/mol. The largest absolute Gasteiger partial charge is 0.493 e. The predicted molar refractivity (Wildman–Crippen MR) is 148 cm³/mol. The number of benzene rings is 2. The topological polar surface area (TPSA) is 102 Å². The number of aromatic amines is 1. The molecule has 1 aromatic heterocycles. The van der Waals surface area contributed by atoms with Crippen LogP contribution >= 0.6 is 0 Å². The van der Waals surface area contributed by atoms with Crippen molar-refractivity contribution in [2.75, 3.05) is 26.8 Å². The Labute approximate surface area is 222 Å². The van der Waals surface area contributed by atoms with E-state index in [-0.39, 0.29) is 23.3 Å². The van der Waals surface area contributed by atoms with Gasteiger partial charge in [0.1, 0.15) is 5.76 Å². The van der Waals surface area contributed by atoms with Gasteiger partial charge in [0.25, 0.3) is 0 Å². The molecule has 0 unspecified atom stereocenters. The molecule has 0 saturated carbocycles. The van der Waals surface area contributed by atoms with Crippen molar-refractivity contribution in [2.45, 2.75) is 33.6 Å². The maximum Gasteiger partial charge on any atom is 0.225 e. The minimum absolute atomic E-state index is 0.00283. The monoisotopic (exact) mass is 522 g/mol. The lowest BCUT2D eigenvalue weighted by Crippen LogP contribution is -2.41. The number of nitrogens with zero attached hydrogens (tertiary/aromatic N) is 2. The zero-order chi connectivity index (χ0) is 27.4. The van der Waals surface area contributed by atoms with Crippen LogP contribution < -0.4 is 19.9 Å². The fourth-order valence-electron chi connectivity index (χ4n) is 4.68. The van der Waals surface area contributed by atoms with Gasteiger partial charge >= 0.3 is 0 Å². The summed E-state index contributed by atoms with van der Waals surface area (Å²) in [6, 6.07) is 8.44. The molecule has 1 saturated heterocycles. The Morgan fingerprint density at radius 3 is 2.63 bits per heavy atom. The Balaban J connectivity index is 1.50. The van der Waals surface area contributed by atoms with Gasteiger partial charge in [0.05, 0.1) is 25.7 Å². The van der Waals surface area contributed by atoms with E-state index in [1.807, 2.05) is 25.7 Å². The van der Waals surface area contributed by atoms with Gasteiger partial charge in [-0.2, -0.15) is 0 Å². The number of nitrogens with two attached hydrogens (primary N) is 1. The number of aliphatic imine (C=N–C) groups is 1. The highest BCUT2D eigenvalue weighted by Crippen LogP contribution is 2.39. The Hall–Kier alpha value is -4.01. The average Bonchev–Trinajstić information content (AvgIpc) is 3.30. The normalized spacial score (nSPS) is 14.4.